The lowest BCUT2D eigenvalue weighted by Crippen LogP contribution is -2.46. The number of carbonyl (C=O) groups is 3. The molecule has 4 N–H and O–H groups in total. The molecule has 24 heavy (non-hydrogen) atoms. The van der Waals surface area contributed by atoms with Gasteiger partial charge < -0.3 is 16.4 Å². The van der Waals surface area contributed by atoms with E-state index in [0.29, 0.717) is 11.4 Å². The zero-order valence-electron chi connectivity index (χ0n) is 13.5. The molecule has 8 heteroatoms. The van der Waals surface area contributed by atoms with Crippen LogP contribution < -0.4 is 16.4 Å². The second-order valence-corrected chi connectivity index (χ2v) is 7.45. The molecular formula is C16H19BrN4O3. The van der Waals surface area contributed by atoms with Crippen LogP contribution in [0.1, 0.15) is 25.3 Å². The number of nitrogen functional groups attached to an aromatic ring is 1. The van der Waals surface area contributed by atoms with Crippen LogP contribution in [-0.4, -0.2) is 34.8 Å². The summed E-state index contributed by atoms with van der Waals surface area (Å²) in [6.07, 6.45) is 1.83. The van der Waals surface area contributed by atoms with Crippen LogP contribution in [0.2, 0.25) is 0 Å². The van der Waals surface area contributed by atoms with Crippen LogP contribution in [0.25, 0.3) is 0 Å². The van der Waals surface area contributed by atoms with E-state index in [9.17, 15) is 14.4 Å². The lowest BCUT2D eigenvalue weighted by molar-refractivity contribution is -0.134. The molecule has 1 aliphatic carbocycles. The predicted molar refractivity (Wildman–Crippen MR) is 93.3 cm³/mol. The number of urea groups is 1. The first kappa shape index (κ1) is 16.8. The number of carbonyl (C=O) groups excluding carboxylic acids is 3. The first-order valence-corrected chi connectivity index (χ1v) is 8.51. The Morgan fingerprint density at radius 1 is 1.46 bits per heavy atom. The largest absolute Gasteiger partial charge is 0.397 e. The molecule has 4 amide bonds. The molecule has 1 aromatic carbocycles. The van der Waals surface area contributed by atoms with Crippen molar-refractivity contribution in [1.29, 1.82) is 0 Å². The lowest BCUT2D eigenvalue weighted by Gasteiger charge is -2.20. The number of hydrogen-bond acceptors (Lipinski definition) is 4. The molecule has 1 saturated carbocycles. The quantitative estimate of drug-likeness (QED) is 0.536. The smallest absolute Gasteiger partial charge is 0.325 e. The molecule has 0 spiro atoms. The fraction of sp³-hybridized carbons (Fsp3) is 0.438. The summed E-state index contributed by atoms with van der Waals surface area (Å²) in [6.45, 7) is 3.21. The highest BCUT2D eigenvalue weighted by molar-refractivity contribution is 9.10. The average Bonchev–Trinajstić information content (AvgIpc) is 3.31. The summed E-state index contributed by atoms with van der Waals surface area (Å²) in [7, 11) is 0. The van der Waals surface area contributed by atoms with Crippen LogP contribution >= 0.6 is 15.9 Å². The van der Waals surface area contributed by atoms with E-state index in [0.717, 1.165) is 27.8 Å². The number of nitrogens with one attached hydrogen (secondary N) is 2. The molecule has 0 bridgehead atoms. The standard InChI is InChI=1S/C16H19BrN4O3/c1-8-5-10(17)6-11(13(8)18)19-12(22)7-21-14(23)16(2,9-3-4-9)20-15(21)24/h5-6,9H,3-4,7,18H2,1-2H3,(H,19,22)(H,20,24). The number of nitrogens with zero attached hydrogens (tertiary/aromatic N) is 1. The second-order valence-electron chi connectivity index (χ2n) is 6.53. The molecule has 2 aliphatic rings. The molecule has 7 nitrogen and oxygen atoms in total. The van der Waals surface area contributed by atoms with E-state index in [4.69, 9.17) is 5.73 Å². The third kappa shape index (κ3) is 2.86. The zero-order chi connectivity index (χ0) is 17.6. The molecule has 3 rings (SSSR count). The topological polar surface area (TPSA) is 105 Å². The SMILES string of the molecule is Cc1cc(Br)cc(NC(=O)CN2C(=O)NC(C)(C3CC3)C2=O)c1N. The summed E-state index contributed by atoms with van der Waals surface area (Å²) in [6, 6.07) is 2.99. The molecule has 128 valence electrons. The molecule has 1 unspecified atom stereocenters. The fourth-order valence-corrected chi connectivity index (χ4v) is 3.56. The number of benzene rings is 1. The summed E-state index contributed by atoms with van der Waals surface area (Å²) in [4.78, 5) is 37.8. The maximum Gasteiger partial charge on any atom is 0.325 e. The van der Waals surface area contributed by atoms with Crippen LogP contribution in [0.15, 0.2) is 16.6 Å². The first-order chi connectivity index (χ1) is 11.2. The van der Waals surface area contributed by atoms with Gasteiger partial charge in [-0.05, 0) is 50.3 Å². The highest BCUT2D eigenvalue weighted by Crippen LogP contribution is 2.42. The van der Waals surface area contributed by atoms with Crippen LogP contribution in [0.4, 0.5) is 16.2 Å². The first-order valence-electron chi connectivity index (χ1n) is 7.72. The molecule has 0 aromatic heterocycles. The maximum atomic E-state index is 12.5. The third-order valence-electron chi connectivity index (χ3n) is 4.62. The predicted octanol–water partition coefficient (Wildman–Crippen LogP) is 2.00. The van der Waals surface area contributed by atoms with Crippen molar-refractivity contribution in [2.24, 2.45) is 5.92 Å². The van der Waals surface area contributed by atoms with Crippen LogP contribution in [0.3, 0.4) is 0 Å². The van der Waals surface area contributed by atoms with Crippen molar-refractivity contribution in [2.75, 3.05) is 17.6 Å². The van der Waals surface area contributed by atoms with Gasteiger partial charge in [-0.1, -0.05) is 15.9 Å². The average molecular weight is 395 g/mol. The van der Waals surface area contributed by atoms with E-state index in [1.807, 2.05) is 13.0 Å². The molecular weight excluding hydrogens is 376 g/mol. The molecule has 1 atom stereocenters. The molecule has 1 saturated heterocycles. The summed E-state index contributed by atoms with van der Waals surface area (Å²) in [5.41, 5.74) is 6.79. The van der Waals surface area contributed by atoms with Crippen molar-refractivity contribution in [2.45, 2.75) is 32.2 Å². The van der Waals surface area contributed by atoms with Crippen molar-refractivity contribution in [1.82, 2.24) is 10.2 Å². The fourth-order valence-electron chi connectivity index (χ4n) is 2.99. The summed E-state index contributed by atoms with van der Waals surface area (Å²) in [5.74, 6) is -0.656. The van der Waals surface area contributed by atoms with E-state index in [1.165, 1.54) is 0 Å². The van der Waals surface area contributed by atoms with Gasteiger partial charge in [0.1, 0.15) is 12.1 Å². The summed E-state index contributed by atoms with van der Waals surface area (Å²) < 4.78 is 0.779. The highest BCUT2D eigenvalue weighted by Gasteiger charge is 2.56. The normalized spacial score (nSPS) is 23.4. The number of halogens is 1. The lowest BCUT2D eigenvalue weighted by atomic mass is 9.96. The van der Waals surface area contributed by atoms with Crippen molar-refractivity contribution in [3.05, 3.63) is 22.2 Å². The molecule has 1 aromatic rings. The van der Waals surface area contributed by atoms with Crippen LogP contribution in [-0.2, 0) is 9.59 Å². The number of amides is 4. The highest BCUT2D eigenvalue weighted by atomic mass is 79.9. The van der Waals surface area contributed by atoms with Gasteiger partial charge in [0.25, 0.3) is 5.91 Å². The molecule has 2 fully saturated rings. The number of rotatable bonds is 4. The Morgan fingerprint density at radius 3 is 2.75 bits per heavy atom. The minimum Gasteiger partial charge on any atom is -0.397 e. The maximum absolute atomic E-state index is 12.5. The van der Waals surface area contributed by atoms with Gasteiger partial charge in [-0.15, -0.1) is 0 Å². The Balaban J connectivity index is 1.71. The van der Waals surface area contributed by atoms with E-state index in [-0.39, 0.29) is 18.4 Å². The van der Waals surface area contributed by atoms with Crippen LogP contribution in [0.5, 0.6) is 0 Å². The van der Waals surface area contributed by atoms with Gasteiger partial charge in [-0.25, -0.2) is 4.79 Å². The van der Waals surface area contributed by atoms with E-state index >= 15 is 0 Å². The number of anilines is 2. The van der Waals surface area contributed by atoms with Crippen LogP contribution in [0, 0.1) is 12.8 Å². The Bertz CT molecular complexity index is 747. The number of nitrogens with two attached hydrogens (primary N) is 1. The second kappa shape index (κ2) is 5.77. The van der Waals surface area contributed by atoms with E-state index < -0.39 is 17.5 Å². The van der Waals surface area contributed by atoms with Crippen molar-refractivity contribution in [3.63, 3.8) is 0 Å². The molecule has 0 radical (unpaired) electrons. The van der Waals surface area contributed by atoms with Crippen molar-refractivity contribution in [3.8, 4) is 0 Å². The third-order valence-corrected chi connectivity index (χ3v) is 5.08. The molecule has 1 heterocycles. The Labute approximate surface area is 148 Å². The van der Waals surface area contributed by atoms with Gasteiger partial charge in [0.15, 0.2) is 0 Å². The van der Waals surface area contributed by atoms with Gasteiger partial charge in [-0.2, -0.15) is 0 Å². The molecule has 1 aliphatic heterocycles. The van der Waals surface area contributed by atoms with Gasteiger partial charge in [0.2, 0.25) is 5.91 Å². The van der Waals surface area contributed by atoms with Gasteiger partial charge >= 0.3 is 6.03 Å². The summed E-state index contributed by atoms with van der Waals surface area (Å²) in [5, 5.41) is 5.38. The van der Waals surface area contributed by atoms with Crippen molar-refractivity contribution < 1.29 is 14.4 Å². The Kier molecular flexibility index (Phi) is 4.03. The van der Waals surface area contributed by atoms with E-state index in [1.54, 1.807) is 13.0 Å². The Morgan fingerprint density at radius 2 is 2.12 bits per heavy atom. The van der Waals surface area contributed by atoms with Gasteiger partial charge in [-0.3, -0.25) is 14.5 Å². The minimum absolute atomic E-state index is 0.158. The van der Waals surface area contributed by atoms with Gasteiger partial charge in [0, 0.05) is 4.47 Å². The van der Waals surface area contributed by atoms with Gasteiger partial charge in [0.05, 0.1) is 11.4 Å². The monoisotopic (exact) mass is 394 g/mol. The minimum atomic E-state index is -0.886. The summed E-state index contributed by atoms with van der Waals surface area (Å²) >= 11 is 3.35. The number of imide groups is 1. The zero-order valence-corrected chi connectivity index (χ0v) is 15.1. The Hall–Kier alpha value is -2.09. The number of aryl methyl sites for hydroxylation is 1. The number of hydrogen-bond donors (Lipinski definition) is 3. The van der Waals surface area contributed by atoms with E-state index in [2.05, 4.69) is 26.6 Å². The van der Waals surface area contributed by atoms with Crippen molar-refractivity contribution >= 4 is 45.2 Å².